The van der Waals surface area contributed by atoms with Crippen molar-refractivity contribution in [2.45, 2.75) is 6.54 Å². The Morgan fingerprint density at radius 3 is 2.70 bits per heavy atom. The largest absolute Gasteiger partial charge is 0.389 e. The van der Waals surface area contributed by atoms with Crippen molar-refractivity contribution in [3.05, 3.63) is 63.1 Å². The third-order valence-corrected chi connectivity index (χ3v) is 4.07. The summed E-state index contributed by atoms with van der Waals surface area (Å²) in [6, 6.07) is 13.8. The third-order valence-electron chi connectivity index (χ3n) is 2.99. The quantitative estimate of drug-likeness (QED) is 0.811. The van der Waals surface area contributed by atoms with Gasteiger partial charge >= 0.3 is 0 Å². The molecular weight excluding hydrogens is 356 g/mol. The Bertz CT molecular complexity index is 646. The molecule has 0 aromatic heterocycles. The van der Waals surface area contributed by atoms with E-state index in [1.807, 2.05) is 49.5 Å². The zero-order valence-electron chi connectivity index (χ0n) is 10.9. The first-order chi connectivity index (χ1) is 9.47. The molecule has 0 bridgehead atoms. The van der Waals surface area contributed by atoms with Crippen LogP contribution in [0, 0.1) is 0 Å². The summed E-state index contributed by atoms with van der Waals surface area (Å²) < 4.78 is 0.976. The lowest BCUT2D eigenvalue weighted by Gasteiger charge is -2.21. The highest BCUT2D eigenvalue weighted by atomic mass is 79.9. The van der Waals surface area contributed by atoms with Gasteiger partial charge in [0.05, 0.1) is 0 Å². The number of hydrogen-bond acceptors (Lipinski definition) is 2. The van der Waals surface area contributed by atoms with Gasteiger partial charge < -0.3 is 10.6 Å². The van der Waals surface area contributed by atoms with Gasteiger partial charge in [-0.1, -0.05) is 57.9 Å². The maximum atomic E-state index is 6.25. The van der Waals surface area contributed by atoms with E-state index in [0.717, 1.165) is 26.3 Å². The maximum Gasteiger partial charge on any atom is 0.104 e. The van der Waals surface area contributed by atoms with Gasteiger partial charge in [0.1, 0.15) is 4.99 Å². The zero-order valence-corrected chi connectivity index (χ0v) is 14.1. The number of benzene rings is 2. The van der Waals surface area contributed by atoms with Crippen molar-refractivity contribution in [1.29, 1.82) is 0 Å². The second-order valence-corrected chi connectivity index (χ2v) is 6.27. The van der Waals surface area contributed by atoms with Crippen LogP contribution in [-0.2, 0) is 6.54 Å². The topological polar surface area (TPSA) is 29.3 Å². The highest BCUT2D eigenvalue weighted by molar-refractivity contribution is 9.10. The molecule has 0 aliphatic rings. The monoisotopic (exact) mass is 368 g/mol. The van der Waals surface area contributed by atoms with Crippen LogP contribution in [0.2, 0.25) is 5.02 Å². The fourth-order valence-electron chi connectivity index (χ4n) is 1.89. The van der Waals surface area contributed by atoms with Gasteiger partial charge in [-0.2, -0.15) is 0 Å². The predicted molar refractivity (Wildman–Crippen MR) is 93.6 cm³/mol. The lowest BCUT2D eigenvalue weighted by molar-refractivity contribution is 0.923. The normalized spacial score (nSPS) is 10.3. The summed E-state index contributed by atoms with van der Waals surface area (Å²) in [5, 5.41) is 0.747. The Hall–Kier alpha value is -1.10. The molecule has 104 valence electrons. The summed E-state index contributed by atoms with van der Waals surface area (Å²) in [7, 11) is 2.01. The molecule has 0 radical (unpaired) electrons. The molecule has 2 N–H and O–H groups in total. The van der Waals surface area contributed by atoms with Crippen LogP contribution in [0.15, 0.2) is 46.9 Å². The number of nitrogens with zero attached hydrogens (tertiary/aromatic N) is 1. The summed E-state index contributed by atoms with van der Waals surface area (Å²) in [4.78, 5) is 2.51. The molecule has 0 atom stereocenters. The van der Waals surface area contributed by atoms with Crippen molar-refractivity contribution in [2.75, 3.05) is 11.9 Å². The first-order valence-corrected chi connectivity index (χ1v) is 7.60. The number of nitrogens with two attached hydrogens (primary N) is 1. The van der Waals surface area contributed by atoms with Crippen molar-refractivity contribution in [3.8, 4) is 0 Å². The van der Waals surface area contributed by atoms with E-state index in [1.165, 1.54) is 0 Å². The molecule has 2 aromatic carbocycles. The van der Waals surface area contributed by atoms with Crippen LogP contribution in [0.25, 0.3) is 0 Å². The van der Waals surface area contributed by atoms with E-state index in [-0.39, 0.29) is 0 Å². The fraction of sp³-hybridized carbons (Fsp3) is 0.133. The molecule has 0 aliphatic carbocycles. The van der Waals surface area contributed by atoms with Gasteiger partial charge in [-0.25, -0.2) is 0 Å². The lowest BCUT2D eigenvalue weighted by Crippen LogP contribution is -2.18. The van der Waals surface area contributed by atoms with E-state index < -0.39 is 0 Å². The fourth-order valence-corrected chi connectivity index (χ4v) is 2.75. The first-order valence-electron chi connectivity index (χ1n) is 6.02. The van der Waals surface area contributed by atoms with Crippen LogP contribution in [0.4, 0.5) is 5.69 Å². The molecule has 2 nitrogen and oxygen atoms in total. The molecule has 20 heavy (non-hydrogen) atoms. The minimum absolute atomic E-state index is 0.405. The van der Waals surface area contributed by atoms with Crippen LogP contribution < -0.4 is 10.6 Å². The van der Waals surface area contributed by atoms with E-state index in [9.17, 15) is 0 Å². The maximum absolute atomic E-state index is 6.25. The predicted octanol–water partition coefficient (Wildman–Crippen LogP) is 4.37. The zero-order chi connectivity index (χ0) is 14.7. The smallest absolute Gasteiger partial charge is 0.104 e. The molecule has 0 spiro atoms. The number of thiocarbonyl (C=S) groups is 1. The molecule has 2 rings (SSSR count). The van der Waals surface area contributed by atoms with Crippen LogP contribution in [0.5, 0.6) is 0 Å². The van der Waals surface area contributed by atoms with Gasteiger partial charge in [-0.3, -0.25) is 0 Å². The second kappa shape index (κ2) is 6.57. The van der Waals surface area contributed by atoms with Gasteiger partial charge in [-0.15, -0.1) is 0 Å². The minimum Gasteiger partial charge on any atom is -0.389 e. The van der Waals surface area contributed by atoms with Crippen molar-refractivity contribution in [2.24, 2.45) is 5.73 Å². The molecule has 0 fully saturated rings. The van der Waals surface area contributed by atoms with E-state index in [4.69, 9.17) is 29.6 Å². The number of anilines is 1. The van der Waals surface area contributed by atoms with Crippen LogP contribution in [-0.4, -0.2) is 12.0 Å². The molecule has 0 heterocycles. The molecule has 2 aromatic rings. The van der Waals surface area contributed by atoms with Crippen molar-refractivity contribution >= 4 is 50.4 Å². The molecule has 0 saturated carbocycles. The summed E-state index contributed by atoms with van der Waals surface area (Å²) >= 11 is 14.7. The van der Waals surface area contributed by atoms with Crippen LogP contribution >= 0.6 is 39.7 Å². The van der Waals surface area contributed by atoms with E-state index in [0.29, 0.717) is 11.5 Å². The van der Waals surface area contributed by atoms with Crippen molar-refractivity contribution < 1.29 is 0 Å². The summed E-state index contributed by atoms with van der Waals surface area (Å²) in [5.41, 5.74) is 8.65. The van der Waals surface area contributed by atoms with Crippen LogP contribution in [0.3, 0.4) is 0 Å². The van der Waals surface area contributed by atoms with Crippen molar-refractivity contribution in [3.63, 3.8) is 0 Å². The van der Waals surface area contributed by atoms with Crippen molar-refractivity contribution in [1.82, 2.24) is 0 Å². The molecule has 0 saturated heterocycles. The third kappa shape index (κ3) is 3.72. The van der Waals surface area contributed by atoms with Gasteiger partial charge in [0.25, 0.3) is 0 Å². The standard InChI is InChI=1S/C15H14BrClN2S/c1-19(9-11-5-6-12(16)8-14(11)17)13-4-2-3-10(7-13)15(18)20/h2-8H,9H2,1H3,(H2,18,20). The van der Waals surface area contributed by atoms with E-state index >= 15 is 0 Å². The second-order valence-electron chi connectivity index (χ2n) is 4.51. The molecule has 0 unspecified atom stereocenters. The van der Waals surface area contributed by atoms with Gasteiger partial charge in [-0.05, 0) is 29.8 Å². The Labute approximate surface area is 137 Å². The number of hydrogen-bond donors (Lipinski definition) is 1. The Morgan fingerprint density at radius 1 is 1.30 bits per heavy atom. The van der Waals surface area contributed by atoms with Gasteiger partial charge in [0.2, 0.25) is 0 Å². The average molecular weight is 370 g/mol. The molecular formula is C15H14BrClN2S. The highest BCUT2D eigenvalue weighted by Crippen LogP contribution is 2.24. The molecule has 0 amide bonds. The average Bonchev–Trinajstić information content (AvgIpc) is 2.42. The Kier molecular flexibility index (Phi) is 5.02. The number of halogens is 2. The Morgan fingerprint density at radius 2 is 2.05 bits per heavy atom. The SMILES string of the molecule is CN(Cc1ccc(Br)cc1Cl)c1cccc(C(N)=S)c1. The van der Waals surface area contributed by atoms with E-state index in [1.54, 1.807) is 0 Å². The lowest BCUT2D eigenvalue weighted by atomic mass is 10.1. The molecule has 0 aliphatic heterocycles. The van der Waals surface area contributed by atoms with Crippen LogP contribution in [0.1, 0.15) is 11.1 Å². The highest BCUT2D eigenvalue weighted by Gasteiger charge is 2.07. The van der Waals surface area contributed by atoms with Gasteiger partial charge in [0, 0.05) is 34.3 Å². The minimum atomic E-state index is 0.405. The van der Waals surface area contributed by atoms with Gasteiger partial charge in [0.15, 0.2) is 0 Å². The molecule has 5 heteroatoms. The van der Waals surface area contributed by atoms with E-state index in [2.05, 4.69) is 20.8 Å². The number of rotatable bonds is 4. The Balaban J connectivity index is 2.21. The summed E-state index contributed by atoms with van der Waals surface area (Å²) in [6.45, 7) is 0.715. The summed E-state index contributed by atoms with van der Waals surface area (Å²) in [5.74, 6) is 0. The first kappa shape index (κ1) is 15.3. The summed E-state index contributed by atoms with van der Waals surface area (Å²) in [6.07, 6.45) is 0.